The molecule has 24 heavy (non-hydrogen) atoms. The lowest BCUT2D eigenvalue weighted by Gasteiger charge is -2.12. The summed E-state index contributed by atoms with van der Waals surface area (Å²) in [6.07, 6.45) is 0. The summed E-state index contributed by atoms with van der Waals surface area (Å²) in [6.45, 7) is 7.29. The Balaban J connectivity index is 1.97. The predicted octanol–water partition coefficient (Wildman–Crippen LogP) is 3.32. The van der Waals surface area contributed by atoms with Crippen LogP contribution < -0.4 is 5.32 Å². The van der Waals surface area contributed by atoms with Crippen LogP contribution in [0.2, 0.25) is 0 Å². The molecule has 0 radical (unpaired) electrons. The van der Waals surface area contributed by atoms with E-state index in [0.717, 1.165) is 27.7 Å². The second-order valence-electron chi connectivity index (χ2n) is 5.81. The number of anilines is 1. The van der Waals surface area contributed by atoms with Crippen LogP contribution in [0.4, 0.5) is 5.69 Å². The highest BCUT2D eigenvalue weighted by Crippen LogP contribution is 2.22. The van der Waals surface area contributed by atoms with Gasteiger partial charge in [0.2, 0.25) is 0 Å². The maximum atomic E-state index is 12.6. The maximum Gasteiger partial charge on any atom is 0.274 e. The number of carbonyl (C=O) groups excluding carboxylic acids is 1. The van der Waals surface area contributed by atoms with Crippen LogP contribution in [0.25, 0.3) is 10.9 Å². The number of rotatable bonds is 2. The largest absolute Gasteiger partial charge is 0.321 e. The maximum absolute atomic E-state index is 12.6. The van der Waals surface area contributed by atoms with E-state index in [1.165, 1.54) is 0 Å². The molecule has 0 bridgehead atoms. The summed E-state index contributed by atoms with van der Waals surface area (Å²) >= 11 is 0. The summed E-state index contributed by atoms with van der Waals surface area (Å²) < 4.78 is 0. The van der Waals surface area contributed by atoms with Crippen molar-refractivity contribution in [1.82, 2.24) is 15.2 Å². The second-order valence-corrected chi connectivity index (χ2v) is 5.81. The number of amides is 1. The third-order valence-corrected chi connectivity index (χ3v) is 4.27. The smallest absolute Gasteiger partial charge is 0.274 e. The number of aromatic amines is 1. The lowest BCUT2D eigenvalue weighted by atomic mass is 10.0. The highest BCUT2D eigenvalue weighted by Gasteiger charge is 2.17. The molecular weight excluding hydrogens is 302 g/mol. The Morgan fingerprint density at radius 3 is 2.62 bits per heavy atom. The molecule has 0 spiro atoms. The van der Waals surface area contributed by atoms with Crippen molar-refractivity contribution in [1.29, 1.82) is 5.26 Å². The van der Waals surface area contributed by atoms with Crippen molar-refractivity contribution in [2.24, 2.45) is 0 Å². The van der Waals surface area contributed by atoms with Gasteiger partial charge in [-0.1, -0.05) is 0 Å². The molecule has 2 heterocycles. The summed E-state index contributed by atoms with van der Waals surface area (Å²) in [5.41, 5.74) is 5.41. The molecule has 2 N–H and O–H groups in total. The molecule has 0 aliphatic rings. The normalized spacial score (nSPS) is 10.6. The summed E-state index contributed by atoms with van der Waals surface area (Å²) in [6, 6.07) is 7.71. The Bertz CT molecular complexity index is 1010. The highest BCUT2D eigenvalue weighted by molar-refractivity contribution is 6.05. The molecule has 6 nitrogen and oxygen atoms in total. The van der Waals surface area contributed by atoms with Crippen LogP contribution in [-0.4, -0.2) is 21.1 Å². The molecule has 0 saturated carbocycles. The average molecular weight is 319 g/mol. The first-order chi connectivity index (χ1) is 11.4. The van der Waals surface area contributed by atoms with Gasteiger partial charge in [0.05, 0.1) is 22.5 Å². The minimum Gasteiger partial charge on any atom is -0.321 e. The van der Waals surface area contributed by atoms with E-state index < -0.39 is 0 Å². The van der Waals surface area contributed by atoms with E-state index >= 15 is 0 Å². The zero-order valence-corrected chi connectivity index (χ0v) is 14.0. The standard InChI is InChI=1S/C18H17N5O/c1-9-10(2)17(20-11(3)15(9)8-19)18(24)21-13-5-6-16-14(7-13)12(4)22-23-16/h5-7H,1-4H3,(H,21,24)(H,22,23). The Kier molecular flexibility index (Phi) is 3.78. The van der Waals surface area contributed by atoms with Crippen molar-refractivity contribution in [3.05, 3.63) is 52.0 Å². The summed E-state index contributed by atoms with van der Waals surface area (Å²) in [5.74, 6) is -0.288. The van der Waals surface area contributed by atoms with E-state index in [1.54, 1.807) is 13.8 Å². The fourth-order valence-electron chi connectivity index (χ4n) is 2.74. The molecular formula is C18H17N5O. The molecule has 0 aliphatic heterocycles. The Labute approximate surface area is 139 Å². The van der Waals surface area contributed by atoms with Gasteiger partial charge in [0.25, 0.3) is 5.91 Å². The third kappa shape index (κ3) is 2.50. The molecule has 3 aromatic rings. The topological polar surface area (TPSA) is 94.5 Å². The van der Waals surface area contributed by atoms with Crippen LogP contribution in [0.15, 0.2) is 18.2 Å². The highest BCUT2D eigenvalue weighted by atomic mass is 16.1. The van der Waals surface area contributed by atoms with E-state index in [4.69, 9.17) is 0 Å². The minimum absolute atomic E-state index is 0.288. The molecule has 0 atom stereocenters. The zero-order valence-electron chi connectivity index (χ0n) is 14.0. The van der Waals surface area contributed by atoms with E-state index in [9.17, 15) is 10.1 Å². The fourth-order valence-corrected chi connectivity index (χ4v) is 2.74. The molecule has 0 saturated heterocycles. The number of carbonyl (C=O) groups is 1. The number of hydrogen-bond acceptors (Lipinski definition) is 4. The van der Waals surface area contributed by atoms with Crippen molar-refractivity contribution >= 4 is 22.5 Å². The van der Waals surface area contributed by atoms with Crippen molar-refractivity contribution < 1.29 is 4.79 Å². The number of nitriles is 1. The average Bonchev–Trinajstić information content (AvgIpc) is 2.92. The van der Waals surface area contributed by atoms with Gasteiger partial charge in [0.1, 0.15) is 11.8 Å². The first kappa shape index (κ1) is 15.7. The number of fused-ring (bicyclic) bond motifs is 1. The second kappa shape index (κ2) is 5.78. The van der Waals surface area contributed by atoms with Crippen molar-refractivity contribution in [2.45, 2.75) is 27.7 Å². The van der Waals surface area contributed by atoms with Crippen LogP contribution in [0.3, 0.4) is 0 Å². The first-order valence-electron chi connectivity index (χ1n) is 7.56. The summed E-state index contributed by atoms with van der Waals surface area (Å²) in [4.78, 5) is 16.9. The molecule has 1 amide bonds. The van der Waals surface area contributed by atoms with Crippen LogP contribution >= 0.6 is 0 Å². The lowest BCUT2D eigenvalue weighted by molar-refractivity contribution is 0.102. The van der Waals surface area contributed by atoms with E-state index in [-0.39, 0.29) is 5.91 Å². The van der Waals surface area contributed by atoms with Gasteiger partial charge >= 0.3 is 0 Å². The van der Waals surface area contributed by atoms with Crippen LogP contribution in [0.5, 0.6) is 0 Å². The van der Waals surface area contributed by atoms with Gasteiger partial charge in [-0.15, -0.1) is 0 Å². The lowest BCUT2D eigenvalue weighted by Crippen LogP contribution is -2.17. The fraction of sp³-hybridized carbons (Fsp3) is 0.222. The molecule has 0 aliphatic carbocycles. The van der Waals surface area contributed by atoms with Crippen molar-refractivity contribution in [3.63, 3.8) is 0 Å². The van der Waals surface area contributed by atoms with E-state index in [1.807, 2.05) is 32.0 Å². The number of aryl methyl sites for hydroxylation is 2. The van der Waals surface area contributed by atoms with Crippen molar-refractivity contribution in [3.8, 4) is 6.07 Å². The predicted molar refractivity (Wildman–Crippen MR) is 91.9 cm³/mol. The van der Waals surface area contributed by atoms with Gasteiger partial charge in [-0.3, -0.25) is 9.89 Å². The molecule has 3 rings (SSSR count). The van der Waals surface area contributed by atoms with Gasteiger partial charge in [-0.25, -0.2) is 4.98 Å². The molecule has 1 aromatic carbocycles. The summed E-state index contributed by atoms with van der Waals surface area (Å²) in [7, 11) is 0. The zero-order chi connectivity index (χ0) is 17.4. The Morgan fingerprint density at radius 2 is 1.92 bits per heavy atom. The molecule has 2 aromatic heterocycles. The van der Waals surface area contributed by atoms with Crippen LogP contribution in [-0.2, 0) is 0 Å². The van der Waals surface area contributed by atoms with E-state index in [2.05, 4.69) is 26.6 Å². The Hall–Kier alpha value is -3.20. The number of hydrogen-bond donors (Lipinski definition) is 2. The van der Waals surface area contributed by atoms with Gasteiger partial charge in [0.15, 0.2) is 0 Å². The number of benzene rings is 1. The molecule has 0 unspecified atom stereocenters. The SMILES string of the molecule is Cc1nc(C(=O)Nc2ccc3[nH]nc(C)c3c2)c(C)c(C)c1C#N. The first-order valence-corrected chi connectivity index (χ1v) is 7.56. The number of pyridine rings is 1. The quantitative estimate of drug-likeness (QED) is 0.757. The number of aromatic nitrogens is 3. The van der Waals surface area contributed by atoms with Crippen molar-refractivity contribution in [2.75, 3.05) is 5.32 Å². The minimum atomic E-state index is -0.288. The molecule has 0 fully saturated rings. The monoisotopic (exact) mass is 319 g/mol. The number of H-pyrrole nitrogens is 1. The van der Waals surface area contributed by atoms with Gasteiger partial charge in [-0.2, -0.15) is 10.4 Å². The van der Waals surface area contributed by atoms with Gasteiger partial charge in [0, 0.05) is 11.1 Å². The third-order valence-electron chi connectivity index (χ3n) is 4.27. The van der Waals surface area contributed by atoms with Crippen LogP contribution in [0, 0.1) is 39.0 Å². The Morgan fingerprint density at radius 1 is 1.17 bits per heavy atom. The van der Waals surface area contributed by atoms with Gasteiger partial charge in [-0.05, 0) is 57.0 Å². The molecule has 120 valence electrons. The molecule has 6 heteroatoms. The van der Waals surface area contributed by atoms with Gasteiger partial charge < -0.3 is 5.32 Å². The summed E-state index contributed by atoms with van der Waals surface area (Å²) in [5, 5.41) is 20.1. The van der Waals surface area contributed by atoms with E-state index in [0.29, 0.717) is 22.6 Å². The number of nitrogens with zero attached hydrogens (tertiary/aromatic N) is 3. The number of nitrogens with one attached hydrogen (secondary N) is 2. The van der Waals surface area contributed by atoms with Crippen LogP contribution in [0.1, 0.15) is 38.6 Å².